The summed E-state index contributed by atoms with van der Waals surface area (Å²) >= 11 is 0. The number of para-hydroxylation sites is 1. The van der Waals surface area contributed by atoms with E-state index in [1.54, 1.807) is 0 Å². The Balaban J connectivity index is 0.976. The van der Waals surface area contributed by atoms with E-state index in [0.29, 0.717) is 5.92 Å². The summed E-state index contributed by atoms with van der Waals surface area (Å²) in [5.74, 6) is 0.337. The van der Waals surface area contributed by atoms with Crippen molar-refractivity contribution in [3.8, 4) is 39.1 Å². The average Bonchev–Trinajstić information content (AvgIpc) is 3.70. The maximum absolute atomic E-state index is 2.43. The molecule has 0 aliphatic heterocycles. The first-order chi connectivity index (χ1) is 31.7. The van der Waals surface area contributed by atoms with Crippen LogP contribution in [0.15, 0.2) is 237 Å². The second-order valence-electron chi connectivity index (χ2n) is 16.9. The van der Waals surface area contributed by atoms with Gasteiger partial charge in [-0.25, -0.2) is 0 Å². The molecule has 1 heterocycles. The molecule has 12 rings (SSSR count). The molecule has 2 heteroatoms. The van der Waals surface area contributed by atoms with Gasteiger partial charge < -0.3 is 9.47 Å². The van der Waals surface area contributed by atoms with Gasteiger partial charge in [0.1, 0.15) is 0 Å². The molecule has 1 aliphatic carbocycles. The summed E-state index contributed by atoms with van der Waals surface area (Å²) in [4.78, 5) is 2.41. The second-order valence-corrected chi connectivity index (χ2v) is 16.9. The van der Waals surface area contributed by atoms with Gasteiger partial charge in [-0.15, -0.1) is 0 Å². The Hall–Kier alpha value is -8.20. The van der Waals surface area contributed by atoms with Crippen LogP contribution in [0, 0.1) is 0 Å². The predicted molar refractivity (Wildman–Crippen MR) is 271 cm³/mol. The molecule has 1 aliphatic rings. The molecular weight excluding hydrogens is 773 g/mol. The second kappa shape index (κ2) is 15.9. The van der Waals surface area contributed by atoms with Gasteiger partial charge >= 0.3 is 0 Å². The highest BCUT2D eigenvalue weighted by Crippen LogP contribution is 2.43. The minimum atomic E-state index is 0.337. The number of aromatic nitrogens is 1. The van der Waals surface area contributed by atoms with Gasteiger partial charge in [-0.1, -0.05) is 182 Å². The first kappa shape index (κ1) is 37.6. The smallest absolute Gasteiger partial charge is 0.0547 e. The number of hydrogen-bond donors (Lipinski definition) is 0. The highest BCUT2D eigenvalue weighted by molar-refractivity contribution is 6.18. The van der Waals surface area contributed by atoms with Gasteiger partial charge in [0.15, 0.2) is 0 Å². The molecule has 0 saturated carbocycles. The third-order valence-electron chi connectivity index (χ3n) is 13.1. The van der Waals surface area contributed by atoms with Crippen LogP contribution in [0.3, 0.4) is 0 Å². The van der Waals surface area contributed by atoms with Crippen LogP contribution in [0.1, 0.15) is 17.9 Å². The quantitative estimate of drug-likeness (QED) is 0.148. The van der Waals surface area contributed by atoms with Crippen molar-refractivity contribution in [1.82, 2.24) is 4.57 Å². The number of benzene rings is 10. The van der Waals surface area contributed by atoms with Gasteiger partial charge in [0, 0.05) is 39.4 Å². The zero-order valence-electron chi connectivity index (χ0n) is 35.4. The lowest BCUT2D eigenvalue weighted by atomic mass is 9.90. The lowest BCUT2D eigenvalue weighted by molar-refractivity contribution is 0.921. The Labute approximate surface area is 373 Å². The van der Waals surface area contributed by atoms with Crippen molar-refractivity contribution in [2.45, 2.75) is 12.3 Å². The Morgan fingerprint density at radius 3 is 1.67 bits per heavy atom. The molecule has 0 amide bonds. The largest absolute Gasteiger partial charge is 0.310 e. The minimum absolute atomic E-state index is 0.337. The molecule has 64 heavy (non-hydrogen) atoms. The SMILES string of the molecule is C1=c2ccccc2=CC(c2ccc(N(c3ccc(-c4ccc(-c5ccccc5)cc4)cc3)c3cccc(-c4cccc5c4c4cc6ccccc6cc4n5-c4ccccc4)c3)cc2)C1. The maximum atomic E-state index is 2.43. The Morgan fingerprint density at radius 2 is 0.953 bits per heavy atom. The van der Waals surface area contributed by atoms with Gasteiger partial charge in [-0.2, -0.15) is 0 Å². The van der Waals surface area contributed by atoms with Crippen molar-refractivity contribution in [2.24, 2.45) is 0 Å². The topological polar surface area (TPSA) is 8.17 Å². The van der Waals surface area contributed by atoms with Crippen molar-refractivity contribution in [3.63, 3.8) is 0 Å². The van der Waals surface area contributed by atoms with Crippen LogP contribution in [-0.2, 0) is 0 Å². The van der Waals surface area contributed by atoms with E-state index in [0.717, 1.165) is 29.2 Å². The van der Waals surface area contributed by atoms with E-state index in [9.17, 15) is 0 Å². The van der Waals surface area contributed by atoms with E-state index < -0.39 is 0 Å². The zero-order valence-corrected chi connectivity index (χ0v) is 35.4. The van der Waals surface area contributed by atoms with Crippen LogP contribution in [0.2, 0.25) is 0 Å². The van der Waals surface area contributed by atoms with Crippen LogP contribution in [0.5, 0.6) is 0 Å². The molecule has 0 fully saturated rings. The van der Waals surface area contributed by atoms with Gasteiger partial charge in [-0.05, 0) is 133 Å². The highest BCUT2D eigenvalue weighted by Gasteiger charge is 2.20. The van der Waals surface area contributed by atoms with E-state index in [1.165, 1.54) is 82.0 Å². The van der Waals surface area contributed by atoms with Gasteiger partial charge in [0.2, 0.25) is 0 Å². The van der Waals surface area contributed by atoms with Crippen molar-refractivity contribution in [1.29, 1.82) is 0 Å². The fourth-order valence-corrected chi connectivity index (χ4v) is 9.89. The molecule has 0 N–H and O–H groups in total. The molecule has 1 atom stereocenters. The number of rotatable bonds is 8. The summed E-state index contributed by atoms with van der Waals surface area (Å²) in [5, 5.41) is 7.61. The average molecular weight is 817 g/mol. The maximum Gasteiger partial charge on any atom is 0.0547 e. The van der Waals surface area contributed by atoms with Crippen LogP contribution < -0.4 is 15.3 Å². The van der Waals surface area contributed by atoms with E-state index in [2.05, 4.69) is 258 Å². The summed E-state index contributed by atoms with van der Waals surface area (Å²) in [6.45, 7) is 0. The van der Waals surface area contributed by atoms with Crippen LogP contribution >= 0.6 is 0 Å². The molecule has 0 spiro atoms. The van der Waals surface area contributed by atoms with Gasteiger partial charge in [0.25, 0.3) is 0 Å². The summed E-state index contributed by atoms with van der Waals surface area (Å²) in [6.07, 6.45) is 5.80. The molecule has 1 aromatic heterocycles. The van der Waals surface area contributed by atoms with Gasteiger partial charge in [0.05, 0.1) is 11.0 Å². The van der Waals surface area contributed by atoms with Crippen molar-refractivity contribution in [3.05, 3.63) is 253 Å². The fourth-order valence-electron chi connectivity index (χ4n) is 9.89. The first-order valence-electron chi connectivity index (χ1n) is 22.3. The van der Waals surface area contributed by atoms with Crippen molar-refractivity contribution >= 4 is 61.8 Å². The molecule has 11 aromatic rings. The Bertz CT molecular complexity index is 3600. The summed E-state index contributed by atoms with van der Waals surface area (Å²) in [6, 6.07) is 86.5. The lowest BCUT2D eigenvalue weighted by Gasteiger charge is -2.27. The van der Waals surface area contributed by atoms with Gasteiger partial charge in [-0.3, -0.25) is 0 Å². The monoisotopic (exact) mass is 816 g/mol. The predicted octanol–water partition coefficient (Wildman–Crippen LogP) is 15.2. The zero-order chi connectivity index (χ0) is 42.4. The minimum Gasteiger partial charge on any atom is -0.310 e. The molecular formula is C62H44N2. The third kappa shape index (κ3) is 6.77. The molecule has 0 saturated heterocycles. The molecule has 10 aromatic carbocycles. The Kier molecular flexibility index (Phi) is 9.34. The number of fused-ring (bicyclic) bond motifs is 5. The van der Waals surface area contributed by atoms with Crippen LogP contribution in [0.25, 0.3) is 83.8 Å². The Morgan fingerprint density at radius 1 is 0.391 bits per heavy atom. The summed E-state index contributed by atoms with van der Waals surface area (Å²) in [7, 11) is 0. The standard InChI is InChI=1S/C62H44N2/c1-3-13-43(14-4-1)45-25-27-46(28-26-45)47-31-35-55(36-32-47)63(56-37-33-48(34-38-56)52-30-29-44-15-7-8-16-49(44)39-52)57-22-11-19-53(40-57)58-23-12-24-60-62(58)59-41-50-17-9-10-18-51(50)42-61(59)64(60)54-20-5-2-6-21-54/h1-29,31-42,52H,30H2. The van der Waals surface area contributed by atoms with Crippen molar-refractivity contribution < 1.29 is 0 Å². The first-order valence-corrected chi connectivity index (χ1v) is 22.3. The molecule has 302 valence electrons. The summed E-state index contributed by atoms with van der Waals surface area (Å²) in [5.41, 5.74) is 15.4. The van der Waals surface area contributed by atoms with Crippen LogP contribution in [-0.4, -0.2) is 4.57 Å². The summed E-state index contributed by atoms with van der Waals surface area (Å²) < 4.78 is 2.43. The molecule has 1 unspecified atom stereocenters. The number of anilines is 3. The highest BCUT2D eigenvalue weighted by atomic mass is 15.1. The number of nitrogens with zero attached hydrogens (tertiary/aromatic N) is 2. The van der Waals surface area contributed by atoms with Crippen LogP contribution in [0.4, 0.5) is 17.1 Å². The van der Waals surface area contributed by atoms with E-state index in [1.807, 2.05) is 0 Å². The van der Waals surface area contributed by atoms with E-state index >= 15 is 0 Å². The molecule has 2 nitrogen and oxygen atoms in total. The molecule has 0 radical (unpaired) electrons. The van der Waals surface area contributed by atoms with E-state index in [4.69, 9.17) is 0 Å². The number of hydrogen-bond acceptors (Lipinski definition) is 1. The lowest BCUT2D eigenvalue weighted by Crippen LogP contribution is -2.27. The normalized spacial score (nSPS) is 13.3. The fraction of sp³-hybridized carbons (Fsp3) is 0.0323. The van der Waals surface area contributed by atoms with E-state index in [-0.39, 0.29) is 0 Å². The van der Waals surface area contributed by atoms with Crippen molar-refractivity contribution in [2.75, 3.05) is 4.90 Å². The third-order valence-corrected chi connectivity index (χ3v) is 13.1. The molecule has 0 bridgehead atoms.